The number of hydroxylamine groups is 2. The smallest absolute Gasteiger partial charge is 0.302 e. The third kappa shape index (κ3) is 3.54. The van der Waals surface area contributed by atoms with Gasteiger partial charge in [-0.1, -0.05) is 23.9 Å². The lowest BCUT2D eigenvalue weighted by Crippen LogP contribution is -2.39. The fraction of sp³-hybridized carbons (Fsp3) is 0.333. The van der Waals surface area contributed by atoms with E-state index in [4.69, 9.17) is 5.11 Å². The molecule has 1 aliphatic carbocycles. The van der Waals surface area contributed by atoms with Crippen LogP contribution in [0.3, 0.4) is 0 Å². The number of benzene rings is 1. The number of aromatic nitrogens is 2. The van der Waals surface area contributed by atoms with Gasteiger partial charge in [-0.05, 0) is 27.5 Å². The van der Waals surface area contributed by atoms with Gasteiger partial charge in [-0.2, -0.15) is 0 Å². The second kappa shape index (κ2) is 7.81. The number of amides is 2. The lowest BCUT2D eigenvalue weighted by molar-refractivity contribution is -0.118. The number of carbonyl (C=O) groups is 2. The molecular formula is C15H15FN4O5S. The summed E-state index contributed by atoms with van der Waals surface area (Å²) in [6.45, 7) is -0.0705. The summed E-state index contributed by atoms with van der Waals surface area (Å²) < 4.78 is 18.1. The molecule has 0 bridgehead atoms. The highest BCUT2D eigenvalue weighted by Crippen LogP contribution is 2.39. The van der Waals surface area contributed by atoms with Crippen LogP contribution in [-0.4, -0.2) is 56.4 Å². The van der Waals surface area contributed by atoms with Crippen LogP contribution in [0.15, 0.2) is 27.9 Å². The molecule has 1 atom stereocenters. The molecule has 0 saturated carbocycles. The van der Waals surface area contributed by atoms with Gasteiger partial charge in [0.25, 0.3) is 0 Å². The van der Waals surface area contributed by atoms with E-state index in [-0.39, 0.29) is 47.8 Å². The van der Waals surface area contributed by atoms with Crippen LogP contribution in [-0.2, 0) is 11.2 Å². The minimum atomic E-state index is -0.857. The number of carbonyl (C=O) groups excluding carboxylic acids is 2. The normalized spacial score (nSPS) is 15.1. The molecule has 26 heavy (non-hydrogen) atoms. The van der Waals surface area contributed by atoms with Gasteiger partial charge in [0.1, 0.15) is 5.82 Å². The summed E-state index contributed by atoms with van der Waals surface area (Å²) in [5, 5.41) is 28.9. The molecule has 0 saturated heterocycles. The van der Waals surface area contributed by atoms with Gasteiger partial charge in [0.05, 0.1) is 18.4 Å². The summed E-state index contributed by atoms with van der Waals surface area (Å²) in [7, 11) is 0. The van der Waals surface area contributed by atoms with Gasteiger partial charge in [0, 0.05) is 13.0 Å². The molecule has 0 spiro atoms. The molecule has 138 valence electrons. The van der Waals surface area contributed by atoms with Crippen LogP contribution in [0, 0.1) is 5.82 Å². The first-order valence-corrected chi connectivity index (χ1v) is 8.64. The molecule has 1 heterocycles. The van der Waals surface area contributed by atoms with Crippen molar-refractivity contribution in [2.75, 3.05) is 18.9 Å². The summed E-state index contributed by atoms with van der Waals surface area (Å²) in [5.41, 5.74) is 0.741. The van der Waals surface area contributed by atoms with Crippen molar-refractivity contribution in [3.63, 3.8) is 0 Å². The maximum Gasteiger partial charge on any atom is 0.302 e. The van der Waals surface area contributed by atoms with Gasteiger partial charge in [-0.15, -0.1) is 0 Å². The number of rotatable bonds is 7. The molecule has 1 unspecified atom stereocenters. The molecule has 2 aromatic rings. The van der Waals surface area contributed by atoms with E-state index in [1.54, 1.807) is 6.07 Å². The van der Waals surface area contributed by atoms with Crippen molar-refractivity contribution in [1.82, 2.24) is 20.7 Å². The van der Waals surface area contributed by atoms with E-state index in [9.17, 15) is 19.2 Å². The number of thioether (sulfide) groups is 1. The fourth-order valence-corrected chi connectivity index (χ4v) is 3.25. The van der Waals surface area contributed by atoms with Gasteiger partial charge in [0.15, 0.2) is 5.03 Å². The lowest BCUT2D eigenvalue weighted by Gasteiger charge is -2.35. The maximum atomic E-state index is 13.6. The SMILES string of the molecule is O=C(CSc1nonc1C(=O)N(O)C1Cc2c(F)cccc21)NCCO. The Kier molecular flexibility index (Phi) is 5.49. The van der Waals surface area contributed by atoms with Crippen LogP contribution in [0.25, 0.3) is 0 Å². The van der Waals surface area contributed by atoms with Crippen LogP contribution in [0.5, 0.6) is 0 Å². The summed E-state index contributed by atoms with van der Waals surface area (Å²) in [6, 6.07) is 3.76. The molecule has 0 aliphatic heterocycles. The van der Waals surface area contributed by atoms with E-state index in [1.165, 1.54) is 12.1 Å². The maximum absolute atomic E-state index is 13.6. The number of nitrogens with one attached hydrogen (secondary N) is 1. The molecular weight excluding hydrogens is 367 g/mol. The third-order valence-corrected chi connectivity index (χ3v) is 4.80. The average Bonchev–Trinajstić information content (AvgIpc) is 3.07. The largest absolute Gasteiger partial charge is 0.395 e. The van der Waals surface area contributed by atoms with Crippen LogP contribution < -0.4 is 5.32 Å². The number of hydrogen-bond donors (Lipinski definition) is 3. The zero-order valence-corrected chi connectivity index (χ0v) is 14.2. The molecule has 9 nitrogen and oxygen atoms in total. The zero-order valence-electron chi connectivity index (χ0n) is 13.4. The summed E-state index contributed by atoms with van der Waals surface area (Å²) >= 11 is 0.904. The van der Waals surface area contributed by atoms with Crippen LogP contribution in [0.1, 0.15) is 27.7 Å². The number of aliphatic hydroxyl groups is 1. The molecule has 11 heteroatoms. The van der Waals surface area contributed by atoms with E-state index in [2.05, 4.69) is 20.3 Å². The summed E-state index contributed by atoms with van der Waals surface area (Å²) in [5.74, 6) is -1.68. The summed E-state index contributed by atoms with van der Waals surface area (Å²) in [4.78, 5) is 24.0. The second-order valence-electron chi connectivity index (χ2n) is 5.46. The molecule has 0 fully saturated rings. The zero-order chi connectivity index (χ0) is 18.7. The molecule has 3 rings (SSSR count). The first kappa shape index (κ1) is 18.3. The Morgan fingerprint density at radius 3 is 3.00 bits per heavy atom. The molecule has 1 aliphatic rings. The third-order valence-electron chi connectivity index (χ3n) is 3.85. The number of nitrogens with zero attached hydrogens (tertiary/aromatic N) is 3. The van der Waals surface area contributed by atoms with Crippen molar-refractivity contribution in [2.24, 2.45) is 0 Å². The molecule has 1 aromatic carbocycles. The number of halogens is 1. The lowest BCUT2D eigenvalue weighted by atomic mass is 9.82. The highest BCUT2D eigenvalue weighted by Gasteiger charge is 2.38. The topological polar surface area (TPSA) is 129 Å². The van der Waals surface area contributed by atoms with Crippen molar-refractivity contribution in [3.8, 4) is 0 Å². The Balaban J connectivity index is 1.66. The van der Waals surface area contributed by atoms with E-state index in [0.29, 0.717) is 16.2 Å². The second-order valence-corrected chi connectivity index (χ2v) is 6.42. The van der Waals surface area contributed by atoms with Crippen molar-refractivity contribution in [2.45, 2.75) is 17.5 Å². The Bertz CT molecular complexity index is 830. The first-order chi connectivity index (χ1) is 12.5. The van der Waals surface area contributed by atoms with Crippen LogP contribution >= 0.6 is 11.8 Å². The molecule has 2 amide bonds. The Morgan fingerprint density at radius 2 is 2.23 bits per heavy atom. The van der Waals surface area contributed by atoms with Crippen LogP contribution in [0.4, 0.5) is 4.39 Å². The number of aliphatic hydroxyl groups excluding tert-OH is 1. The molecule has 3 N–H and O–H groups in total. The molecule has 0 radical (unpaired) electrons. The Morgan fingerprint density at radius 1 is 1.42 bits per heavy atom. The number of hydrogen-bond acceptors (Lipinski definition) is 8. The van der Waals surface area contributed by atoms with Crippen molar-refractivity contribution < 1.29 is 28.9 Å². The van der Waals surface area contributed by atoms with E-state index >= 15 is 0 Å². The van der Waals surface area contributed by atoms with Crippen LogP contribution in [0.2, 0.25) is 0 Å². The fourth-order valence-electron chi connectivity index (χ4n) is 2.53. The van der Waals surface area contributed by atoms with Gasteiger partial charge < -0.3 is 10.4 Å². The van der Waals surface area contributed by atoms with E-state index in [1.807, 2.05) is 0 Å². The average molecular weight is 382 g/mol. The van der Waals surface area contributed by atoms with Crippen molar-refractivity contribution in [3.05, 3.63) is 40.8 Å². The highest BCUT2D eigenvalue weighted by molar-refractivity contribution is 8.00. The van der Waals surface area contributed by atoms with Gasteiger partial charge in [-0.25, -0.2) is 14.1 Å². The predicted octanol–water partition coefficient (Wildman–Crippen LogP) is 0.538. The minimum Gasteiger partial charge on any atom is -0.395 e. The van der Waals surface area contributed by atoms with Crippen molar-refractivity contribution in [1.29, 1.82) is 0 Å². The van der Waals surface area contributed by atoms with Gasteiger partial charge in [0.2, 0.25) is 11.6 Å². The monoisotopic (exact) mass is 382 g/mol. The van der Waals surface area contributed by atoms with E-state index in [0.717, 1.165) is 11.8 Å². The quantitative estimate of drug-likeness (QED) is 0.359. The standard InChI is InChI=1S/C15H15FN4O5S/c16-10-3-1-2-8-9(10)6-11(8)20(24)15(23)13-14(19-25-18-13)26-7-12(22)17-4-5-21/h1-3,11,21,24H,4-7H2,(H,17,22). The Hall–Kier alpha value is -2.50. The van der Waals surface area contributed by atoms with Gasteiger partial charge in [-0.3, -0.25) is 14.8 Å². The summed E-state index contributed by atoms with van der Waals surface area (Å²) in [6.07, 6.45) is 0.182. The van der Waals surface area contributed by atoms with Crippen molar-refractivity contribution >= 4 is 23.6 Å². The number of fused-ring (bicyclic) bond motifs is 1. The Labute approximate surface area is 151 Å². The predicted molar refractivity (Wildman–Crippen MR) is 85.9 cm³/mol. The van der Waals surface area contributed by atoms with Gasteiger partial charge >= 0.3 is 5.91 Å². The highest BCUT2D eigenvalue weighted by atomic mass is 32.2. The molecule has 1 aromatic heterocycles. The van der Waals surface area contributed by atoms with E-state index < -0.39 is 11.9 Å². The minimum absolute atomic E-state index is 0.0481. The first-order valence-electron chi connectivity index (χ1n) is 7.65.